The van der Waals surface area contributed by atoms with E-state index in [1.165, 1.54) is 12.1 Å². The Bertz CT molecular complexity index is 427. The minimum Gasteiger partial charge on any atom is -0.396 e. The number of urea groups is 1. The van der Waals surface area contributed by atoms with Gasteiger partial charge in [-0.3, -0.25) is 0 Å². The molecule has 0 heterocycles. The van der Waals surface area contributed by atoms with Crippen LogP contribution in [0.5, 0.6) is 0 Å². The topological polar surface area (TPSA) is 61.4 Å². The summed E-state index contributed by atoms with van der Waals surface area (Å²) in [5.74, 6) is -0.379. The molecule has 106 valence electrons. The minimum absolute atomic E-state index is 0.0827. The summed E-state index contributed by atoms with van der Waals surface area (Å²) < 4.78 is 13.2. The number of nitrogens with one attached hydrogen (secondary N) is 2. The molecule has 0 unspecified atom stereocenters. The first-order valence-electron chi connectivity index (χ1n) is 6.25. The third-order valence-electron chi connectivity index (χ3n) is 2.82. The average Bonchev–Trinajstić information content (AvgIpc) is 2.25. The van der Waals surface area contributed by atoms with Crippen LogP contribution in [0.3, 0.4) is 0 Å². The lowest BCUT2D eigenvalue weighted by Crippen LogP contribution is -2.37. The summed E-state index contributed by atoms with van der Waals surface area (Å²) in [5.41, 5.74) is 0.995. The van der Waals surface area contributed by atoms with Gasteiger partial charge in [-0.2, -0.15) is 0 Å². The highest BCUT2D eigenvalue weighted by Crippen LogP contribution is 2.18. The third kappa shape index (κ3) is 5.70. The maximum atomic E-state index is 13.2. The van der Waals surface area contributed by atoms with Crippen LogP contribution in [-0.4, -0.2) is 24.3 Å². The number of benzene rings is 1. The number of halogens is 1. The Balaban J connectivity index is 2.51. The van der Waals surface area contributed by atoms with E-state index >= 15 is 0 Å². The van der Waals surface area contributed by atoms with Crippen molar-refractivity contribution in [3.8, 4) is 0 Å². The molecule has 19 heavy (non-hydrogen) atoms. The maximum Gasteiger partial charge on any atom is 0.319 e. The Kier molecular flexibility index (Phi) is 5.30. The molecule has 0 aromatic heterocycles. The molecular formula is C14H21FN2O2. The Morgan fingerprint density at radius 3 is 2.63 bits per heavy atom. The monoisotopic (exact) mass is 268 g/mol. The van der Waals surface area contributed by atoms with Gasteiger partial charge in [-0.1, -0.05) is 13.8 Å². The summed E-state index contributed by atoms with van der Waals surface area (Å²) in [7, 11) is 0. The molecule has 0 spiro atoms. The molecule has 1 rings (SSSR count). The lowest BCUT2D eigenvalue weighted by atomic mass is 9.90. The van der Waals surface area contributed by atoms with E-state index in [1.807, 2.05) is 13.8 Å². The molecule has 0 fully saturated rings. The van der Waals surface area contributed by atoms with Crippen molar-refractivity contribution in [1.82, 2.24) is 5.32 Å². The molecule has 0 aliphatic heterocycles. The van der Waals surface area contributed by atoms with Gasteiger partial charge in [0.2, 0.25) is 0 Å². The Morgan fingerprint density at radius 1 is 1.37 bits per heavy atom. The van der Waals surface area contributed by atoms with Gasteiger partial charge in [0.15, 0.2) is 0 Å². The molecule has 0 bridgehead atoms. The van der Waals surface area contributed by atoms with Gasteiger partial charge in [-0.15, -0.1) is 0 Å². The van der Waals surface area contributed by atoms with Crippen molar-refractivity contribution in [2.45, 2.75) is 27.2 Å². The second-order valence-electron chi connectivity index (χ2n) is 5.46. The summed E-state index contributed by atoms with van der Waals surface area (Å²) in [6.07, 6.45) is 0.604. The Hall–Kier alpha value is -1.62. The van der Waals surface area contributed by atoms with Crippen molar-refractivity contribution >= 4 is 11.7 Å². The molecule has 0 atom stereocenters. The standard InChI is InChI=1S/C14H21FN2O2/c1-10-6-11(15)8-12(7-10)17-13(19)16-9-14(2,3)4-5-18/h6-8,18H,4-5,9H2,1-3H3,(H2,16,17,19). The molecule has 5 heteroatoms. The van der Waals surface area contributed by atoms with Crippen molar-refractivity contribution in [3.05, 3.63) is 29.6 Å². The number of hydrogen-bond donors (Lipinski definition) is 3. The van der Waals surface area contributed by atoms with Gasteiger partial charge in [0.25, 0.3) is 0 Å². The molecule has 3 N–H and O–H groups in total. The largest absolute Gasteiger partial charge is 0.396 e. The maximum absolute atomic E-state index is 13.2. The average molecular weight is 268 g/mol. The van der Waals surface area contributed by atoms with E-state index in [0.29, 0.717) is 18.7 Å². The van der Waals surface area contributed by atoms with Gasteiger partial charge in [-0.25, -0.2) is 9.18 Å². The zero-order valence-corrected chi connectivity index (χ0v) is 11.6. The molecular weight excluding hydrogens is 247 g/mol. The SMILES string of the molecule is Cc1cc(F)cc(NC(=O)NCC(C)(C)CCO)c1. The summed E-state index contributed by atoms with van der Waals surface area (Å²) in [6.45, 7) is 6.19. The zero-order chi connectivity index (χ0) is 14.5. The van der Waals surface area contributed by atoms with Gasteiger partial charge < -0.3 is 15.7 Å². The highest BCUT2D eigenvalue weighted by molar-refractivity contribution is 5.89. The number of anilines is 1. The number of aryl methyl sites for hydroxylation is 1. The van der Waals surface area contributed by atoms with Crippen molar-refractivity contribution in [2.75, 3.05) is 18.5 Å². The normalized spacial score (nSPS) is 11.2. The van der Waals surface area contributed by atoms with Crippen molar-refractivity contribution in [1.29, 1.82) is 0 Å². The second kappa shape index (κ2) is 6.52. The van der Waals surface area contributed by atoms with Crippen LogP contribution in [0.1, 0.15) is 25.8 Å². The Morgan fingerprint density at radius 2 is 2.05 bits per heavy atom. The summed E-state index contributed by atoms with van der Waals surface area (Å²) in [5, 5.41) is 14.2. The first kappa shape index (κ1) is 15.4. The van der Waals surface area contributed by atoms with Crippen LogP contribution in [0.25, 0.3) is 0 Å². The van der Waals surface area contributed by atoms with E-state index in [4.69, 9.17) is 5.11 Å². The fourth-order valence-electron chi connectivity index (χ4n) is 1.69. The molecule has 0 aliphatic rings. The molecule has 0 aliphatic carbocycles. The van der Waals surface area contributed by atoms with Crippen LogP contribution in [0.15, 0.2) is 18.2 Å². The molecule has 0 saturated carbocycles. The van der Waals surface area contributed by atoms with Gasteiger partial charge >= 0.3 is 6.03 Å². The third-order valence-corrected chi connectivity index (χ3v) is 2.82. The molecule has 0 saturated heterocycles. The van der Waals surface area contributed by atoms with Gasteiger partial charge in [-0.05, 0) is 42.5 Å². The fraction of sp³-hybridized carbons (Fsp3) is 0.500. The molecule has 2 amide bonds. The van der Waals surface area contributed by atoms with E-state index in [0.717, 1.165) is 5.56 Å². The summed E-state index contributed by atoms with van der Waals surface area (Å²) in [4.78, 5) is 11.7. The number of amides is 2. The van der Waals surface area contributed by atoms with Crippen LogP contribution >= 0.6 is 0 Å². The number of aliphatic hydroxyl groups excluding tert-OH is 1. The first-order chi connectivity index (χ1) is 8.82. The summed E-state index contributed by atoms with van der Waals surface area (Å²) in [6, 6.07) is 3.98. The number of carbonyl (C=O) groups excluding carboxylic acids is 1. The Labute approximate surface area is 113 Å². The van der Waals surface area contributed by atoms with E-state index in [-0.39, 0.29) is 23.9 Å². The number of rotatable bonds is 5. The first-order valence-corrected chi connectivity index (χ1v) is 6.25. The van der Waals surface area contributed by atoms with Crippen molar-refractivity contribution in [3.63, 3.8) is 0 Å². The summed E-state index contributed by atoms with van der Waals surface area (Å²) >= 11 is 0. The quantitative estimate of drug-likeness (QED) is 0.769. The van der Waals surface area contributed by atoms with Crippen LogP contribution in [0.2, 0.25) is 0 Å². The van der Waals surface area contributed by atoms with Crippen LogP contribution in [0, 0.1) is 18.2 Å². The van der Waals surface area contributed by atoms with Crippen LogP contribution in [0.4, 0.5) is 14.9 Å². The lowest BCUT2D eigenvalue weighted by molar-refractivity contribution is 0.204. The van der Waals surface area contributed by atoms with Crippen molar-refractivity contribution < 1.29 is 14.3 Å². The highest BCUT2D eigenvalue weighted by atomic mass is 19.1. The lowest BCUT2D eigenvalue weighted by Gasteiger charge is -2.23. The number of aliphatic hydroxyl groups is 1. The number of hydrogen-bond acceptors (Lipinski definition) is 2. The van der Waals surface area contributed by atoms with E-state index in [1.54, 1.807) is 13.0 Å². The van der Waals surface area contributed by atoms with E-state index < -0.39 is 0 Å². The van der Waals surface area contributed by atoms with E-state index in [9.17, 15) is 9.18 Å². The van der Waals surface area contributed by atoms with Crippen LogP contribution in [-0.2, 0) is 0 Å². The minimum atomic E-state index is -0.379. The fourth-order valence-corrected chi connectivity index (χ4v) is 1.69. The number of carbonyl (C=O) groups is 1. The second-order valence-corrected chi connectivity index (χ2v) is 5.46. The molecule has 4 nitrogen and oxygen atoms in total. The zero-order valence-electron chi connectivity index (χ0n) is 11.6. The highest BCUT2D eigenvalue weighted by Gasteiger charge is 2.18. The predicted molar refractivity (Wildman–Crippen MR) is 73.6 cm³/mol. The van der Waals surface area contributed by atoms with E-state index in [2.05, 4.69) is 10.6 Å². The molecule has 1 aromatic rings. The van der Waals surface area contributed by atoms with Crippen molar-refractivity contribution in [2.24, 2.45) is 5.41 Å². The van der Waals surface area contributed by atoms with Gasteiger partial charge in [0.05, 0.1) is 0 Å². The molecule has 1 aromatic carbocycles. The molecule has 0 radical (unpaired) electrons. The predicted octanol–water partition coefficient (Wildman–Crippen LogP) is 2.66. The smallest absolute Gasteiger partial charge is 0.319 e. The van der Waals surface area contributed by atoms with Gasteiger partial charge in [0.1, 0.15) is 5.82 Å². The van der Waals surface area contributed by atoms with Gasteiger partial charge in [0, 0.05) is 18.8 Å². The van der Waals surface area contributed by atoms with Crippen LogP contribution < -0.4 is 10.6 Å².